The second-order valence-electron chi connectivity index (χ2n) is 6.47. The SMILES string of the molecule is O=C(/C=C/C1CCCC1)NCc1ccccc1NC(=O)c1cccnc1. The maximum atomic E-state index is 12.3. The highest BCUT2D eigenvalue weighted by Gasteiger charge is 2.12. The van der Waals surface area contributed by atoms with Crippen LogP contribution in [0.1, 0.15) is 41.6 Å². The van der Waals surface area contributed by atoms with Gasteiger partial charge in [-0.15, -0.1) is 0 Å². The first kappa shape index (κ1) is 17.9. The Balaban J connectivity index is 1.58. The van der Waals surface area contributed by atoms with Gasteiger partial charge in [-0.05, 0) is 48.6 Å². The summed E-state index contributed by atoms with van der Waals surface area (Å²) < 4.78 is 0. The van der Waals surface area contributed by atoms with Gasteiger partial charge in [0.2, 0.25) is 5.91 Å². The van der Waals surface area contributed by atoms with E-state index in [2.05, 4.69) is 15.6 Å². The Morgan fingerprint density at radius 1 is 1.12 bits per heavy atom. The zero-order chi connectivity index (χ0) is 18.2. The maximum absolute atomic E-state index is 12.3. The predicted molar refractivity (Wildman–Crippen MR) is 102 cm³/mol. The molecule has 1 fully saturated rings. The minimum atomic E-state index is -0.224. The molecule has 5 nitrogen and oxygen atoms in total. The summed E-state index contributed by atoms with van der Waals surface area (Å²) in [5.74, 6) is 0.204. The number of hydrogen-bond acceptors (Lipinski definition) is 3. The average Bonchev–Trinajstić information content (AvgIpc) is 3.20. The van der Waals surface area contributed by atoms with Gasteiger partial charge >= 0.3 is 0 Å². The van der Waals surface area contributed by atoms with Crippen molar-refractivity contribution in [3.05, 3.63) is 72.1 Å². The van der Waals surface area contributed by atoms with Gasteiger partial charge < -0.3 is 10.6 Å². The van der Waals surface area contributed by atoms with E-state index in [9.17, 15) is 9.59 Å². The van der Waals surface area contributed by atoms with E-state index >= 15 is 0 Å². The number of benzene rings is 1. The van der Waals surface area contributed by atoms with Crippen molar-refractivity contribution in [2.24, 2.45) is 5.92 Å². The van der Waals surface area contributed by atoms with Gasteiger partial charge in [0.1, 0.15) is 0 Å². The van der Waals surface area contributed by atoms with E-state index in [1.54, 1.807) is 24.4 Å². The largest absolute Gasteiger partial charge is 0.348 e. The number of aromatic nitrogens is 1. The first-order chi connectivity index (χ1) is 12.7. The average molecular weight is 349 g/mol. The summed E-state index contributed by atoms with van der Waals surface area (Å²) in [7, 11) is 0. The van der Waals surface area contributed by atoms with Gasteiger partial charge in [0.05, 0.1) is 5.56 Å². The smallest absolute Gasteiger partial charge is 0.257 e. The summed E-state index contributed by atoms with van der Waals surface area (Å²) in [5.41, 5.74) is 2.03. The Bertz CT molecular complexity index is 781. The van der Waals surface area contributed by atoms with E-state index in [1.165, 1.54) is 31.9 Å². The van der Waals surface area contributed by atoms with Crippen LogP contribution in [0.2, 0.25) is 0 Å². The van der Waals surface area contributed by atoms with Crippen LogP contribution < -0.4 is 10.6 Å². The molecule has 1 aliphatic rings. The van der Waals surface area contributed by atoms with E-state index in [0.717, 1.165) is 5.56 Å². The molecule has 0 radical (unpaired) electrons. The van der Waals surface area contributed by atoms with E-state index in [-0.39, 0.29) is 11.8 Å². The molecule has 0 saturated heterocycles. The van der Waals surface area contributed by atoms with Crippen LogP contribution in [0.5, 0.6) is 0 Å². The summed E-state index contributed by atoms with van der Waals surface area (Å²) >= 11 is 0. The number of allylic oxidation sites excluding steroid dienone is 1. The quantitative estimate of drug-likeness (QED) is 0.781. The third-order valence-corrected chi connectivity index (χ3v) is 4.56. The number of anilines is 1. The third kappa shape index (κ3) is 5.02. The first-order valence-corrected chi connectivity index (χ1v) is 8.97. The van der Waals surface area contributed by atoms with Gasteiger partial charge in [-0.25, -0.2) is 0 Å². The highest BCUT2D eigenvalue weighted by molar-refractivity contribution is 6.04. The molecular weight excluding hydrogens is 326 g/mol. The summed E-state index contributed by atoms with van der Waals surface area (Å²) in [5, 5.41) is 5.77. The highest BCUT2D eigenvalue weighted by atomic mass is 16.2. The molecule has 1 heterocycles. The van der Waals surface area contributed by atoms with Crippen LogP contribution >= 0.6 is 0 Å². The zero-order valence-electron chi connectivity index (χ0n) is 14.7. The minimum Gasteiger partial charge on any atom is -0.348 e. The number of carbonyl (C=O) groups is 2. The van der Waals surface area contributed by atoms with Crippen LogP contribution in [0, 0.1) is 5.92 Å². The number of nitrogens with one attached hydrogen (secondary N) is 2. The van der Waals surface area contributed by atoms with Crippen molar-refractivity contribution in [1.82, 2.24) is 10.3 Å². The van der Waals surface area contributed by atoms with E-state index < -0.39 is 0 Å². The predicted octanol–water partition coefficient (Wildman–Crippen LogP) is 3.70. The molecule has 26 heavy (non-hydrogen) atoms. The van der Waals surface area contributed by atoms with Crippen molar-refractivity contribution < 1.29 is 9.59 Å². The van der Waals surface area contributed by atoms with Crippen LogP contribution in [0.15, 0.2) is 60.9 Å². The summed E-state index contributed by atoms with van der Waals surface area (Å²) in [6.07, 6.45) is 11.6. The van der Waals surface area contributed by atoms with Crippen molar-refractivity contribution in [3.8, 4) is 0 Å². The molecule has 2 aromatic rings. The van der Waals surface area contributed by atoms with Crippen molar-refractivity contribution in [2.75, 3.05) is 5.32 Å². The lowest BCUT2D eigenvalue weighted by molar-refractivity contribution is -0.116. The number of para-hydroxylation sites is 1. The molecular formula is C21H23N3O2. The number of amides is 2. The Kier molecular flexibility index (Phi) is 6.14. The van der Waals surface area contributed by atoms with Crippen molar-refractivity contribution >= 4 is 17.5 Å². The molecule has 1 aromatic heterocycles. The minimum absolute atomic E-state index is 0.106. The number of hydrogen-bond donors (Lipinski definition) is 2. The van der Waals surface area contributed by atoms with Gasteiger partial charge in [0.15, 0.2) is 0 Å². The number of rotatable bonds is 6. The van der Waals surface area contributed by atoms with Crippen LogP contribution in [-0.4, -0.2) is 16.8 Å². The lowest BCUT2D eigenvalue weighted by atomic mass is 10.1. The van der Waals surface area contributed by atoms with Crippen LogP contribution in [-0.2, 0) is 11.3 Å². The van der Waals surface area contributed by atoms with Gasteiger partial charge in [-0.2, -0.15) is 0 Å². The summed E-state index contributed by atoms with van der Waals surface area (Å²) in [6, 6.07) is 10.9. The van der Waals surface area contributed by atoms with Crippen LogP contribution in [0.4, 0.5) is 5.69 Å². The molecule has 0 unspecified atom stereocenters. The van der Waals surface area contributed by atoms with Crippen LogP contribution in [0.25, 0.3) is 0 Å². The second-order valence-corrected chi connectivity index (χ2v) is 6.47. The molecule has 1 aromatic carbocycles. The molecule has 1 aliphatic carbocycles. The topological polar surface area (TPSA) is 71.1 Å². The fourth-order valence-electron chi connectivity index (χ4n) is 3.10. The summed E-state index contributed by atoms with van der Waals surface area (Å²) in [6.45, 7) is 0.358. The van der Waals surface area contributed by atoms with Crippen molar-refractivity contribution in [2.45, 2.75) is 32.2 Å². The van der Waals surface area contributed by atoms with Gasteiger partial charge in [0, 0.05) is 24.6 Å². The lowest BCUT2D eigenvalue weighted by Gasteiger charge is -2.11. The van der Waals surface area contributed by atoms with Gasteiger partial charge in [0.25, 0.3) is 5.91 Å². The lowest BCUT2D eigenvalue weighted by Crippen LogP contribution is -2.22. The molecule has 5 heteroatoms. The Morgan fingerprint density at radius 2 is 1.92 bits per heavy atom. The Morgan fingerprint density at radius 3 is 2.69 bits per heavy atom. The van der Waals surface area contributed by atoms with E-state index in [1.807, 2.05) is 30.3 Å². The van der Waals surface area contributed by atoms with Gasteiger partial charge in [-0.3, -0.25) is 14.6 Å². The third-order valence-electron chi connectivity index (χ3n) is 4.56. The zero-order valence-corrected chi connectivity index (χ0v) is 14.7. The number of pyridine rings is 1. The molecule has 0 spiro atoms. The molecule has 0 atom stereocenters. The molecule has 2 amide bonds. The monoisotopic (exact) mass is 349 g/mol. The van der Waals surface area contributed by atoms with Gasteiger partial charge in [-0.1, -0.05) is 37.1 Å². The first-order valence-electron chi connectivity index (χ1n) is 8.97. The maximum Gasteiger partial charge on any atom is 0.257 e. The molecule has 3 rings (SSSR count). The van der Waals surface area contributed by atoms with E-state index in [4.69, 9.17) is 0 Å². The number of nitrogens with zero attached hydrogens (tertiary/aromatic N) is 1. The fraction of sp³-hybridized carbons (Fsp3) is 0.286. The normalized spacial score (nSPS) is 14.5. The molecule has 2 N–H and O–H groups in total. The Hall–Kier alpha value is -2.95. The highest BCUT2D eigenvalue weighted by Crippen LogP contribution is 2.25. The molecule has 1 saturated carbocycles. The molecule has 0 bridgehead atoms. The number of carbonyl (C=O) groups excluding carboxylic acids is 2. The summed E-state index contributed by atoms with van der Waals surface area (Å²) in [4.78, 5) is 28.3. The molecule has 0 aliphatic heterocycles. The fourth-order valence-corrected chi connectivity index (χ4v) is 3.10. The van der Waals surface area contributed by atoms with Crippen molar-refractivity contribution in [3.63, 3.8) is 0 Å². The van der Waals surface area contributed by atoms with Crippen LogP contribution in [0.3, 0.4) is 0 Å². The second kappa shape index (κ2) is 8.94. The van der Waals surface area contributed by atoms with Crippen molar-refractivity contribution in [1.29, 1.82) is 0 Å². The van der Waals surface area contributed by atoms with E-state index in [0.29, 0.717) is 23.7 Å². The Labute approximate surface area is 153 Å². The molecule has 134 valence electrons. The standard InChI is InChI=1S/C21H23N3O2/c25-20(12-11-16-6-1-2-7-16)23-15-17-8-3-4-10-19(17)24-21(26)18-9-5-13-22-14-18/h3-5,8-14,16H,1-2,6-7,15H2,(H,23,25)(H,24,26)/b12-11+.